The lowest BCUT2D eigenvalue weighted by atomic mass is 9.92. The van der Waals surface area contributed by atoms with Gasteiger partial charge in [-0.15, -0.1) is 0 Å². The summed E-state index contributed by atoms with van der Waals surface area (Å²) in [4.78, 5) is 37.8. The molecule has 0 spiro atoms. The van der Waals surface area contributed by atoms with E-state index in [0.717, 1.165) is 29.6 Å². The van der Waals surface area contributed by atoms with Gasteiger partial charge in [0.2, 0.25) is 17.7 Å². The number of fused-ring (bicyclic) bond motifs is 1. The van der Waals surface area contributed by atoms with Crippen LogP contribution in [0.2, 0.25) is 0 Å². The molecule has 2 fully saturated rings. The third kappa shape index (κ3) is 2.77. The van der Waals surface area contributed by atoms with E-state index in [0.29, 0.717) is 30.9 Å². The molecule has 0 saturated carbocycles. The number of aryl methyl sites for hydroxylation is 1. The van der Waals surface area contributed by atoms with E-state index in [2.05, 4.69) is 17.3 Å². The van der Waals surface area contributed by atoms with E-state index in [1.165, 1.54) is 0 Å². The Morgan fingerprint density at radius 3 is 2.73 bits per heavy atom. The number of imide groups is 1. The molecule has 26 heavy (non-hydrogen) atoms. The molecule has 3 amide bonds. The highest BCUT2D eigenvalue weighted by Gasteiger charge is 2.32. The second-order valence-electron chi connectivity index (χ2n) is 7.36. The van der Waals surface area contributed by atoms with Crippen molar-refractivity contribution >= 4 is 34.3 Å². The van der Waals surface area contributed by atoms with Gasteiger partial charge < -0.3 is 4.90 Å². The summed E-state index contributed by atoms with van der Waals surface area (Å²) in [7, 11) is 1.84. The van der Waals surface area contributed by atoms with Crippen LogP contribution in [0.15, 0.2) is 18.2 Å². The minimum absolute atomic E-state index is 0.148. The maximum Gasteiger partial charge on any atom is 0.235 e. The monoisotopic (exact) mass is 354 g/mol. The zero-order valence-electron chi connectivity index (χ0n) is 15.0. The van der Waals surface area contributed by atoms with Gasteiger partial charge in [-0.3, -0.25) is 24.4 Å². The van der Waals surface area contributed by atoms with Crippen LogP contribution in [0.4, 0.5) is 5.69 Å². The third-order valence-electron chi connectivity index (χ3n) is 5.39. The van der Waals surface area contributed by atoms with Crippen LogP contribution in [-0.2, 0) is 21.4 Å². The number of nitrogens with one attached hydrogen (secondary N) is 1. The first-order valence-corrected chi connectivity index (χ1v) is 9.04. The van der Waals surface area contributed by atoms with Gasteiger partial charge in [0.25, 0.3) is 0 Å². The van der Waals surface area contributed by atoms with Gasteiger partial charge in [-0.25, -0.2) is 0 Å². The first-order valence-electron chi connectivity index (χ1n) is 9.04. The summed E-state index contributed by atoms with van der Waals surface area (Å²) in [5.74, 6) is -0.306. The van der Waals surface area contributed by atoms with Crippen LogP contribution < -0.4 is 10.2 Å². The van der Waals surface area contributed by atoms with Gasteiger partial charge in [-0.2, -0.15) is 5.10 Å². The topological polar surface area (TPSA) is 84.3 Å². The highest BCUT2D eigenvalue weighted by Crippen LogP contribution is 2.33. The van der Waals surface area contributed by atoms with Crippen molar-refractivity contribution in [1.29, 1.82) is 0 Å². The van der Waals surface area contributed by atoms with E-state index in [-0.39, 0.29) is 17.7 Å². The lowest BCUT2D eigenvalue weighted by Gasteiger charge is -2.31. The Kier molecular flexibility index (Phi) is 4.01. The second-order valence-corrected chi connectivity index (χ2v) is 7.36. The van der Waals surface area contributed by atoms with Crippen LogP contribution in [0, 0.1) is 5.92 Å². The second kappa shape index (κ2) is 6.23. The highest BCUT2D eigenvalue weighted by atomic mass is 16.2. The highest BCUT2D eigenvalue weighted by molar-refractivity contribution is 6.03. The lowest BCUT2D eigenvalue weighted by molar-refractivity contribution is -0.134. The summed E-state index contributed by atoms with van der Waals surface area (Å²) < 4.78 is 1.75. The molecule has 2 aliphatic rings. The summed E-state index contributed by atoms with van der Waals surface area (Å²) in [6.07, 6.45) is 2.31. The van der Waals surface area contributed by atoms with E-state index in [4.69, 9.17) is 0 Å². The van der Waals surface area contributed by atoms with Crippen molar-refractivity contribution in [1.82, 2.24) is 15.1 Å². The molecule has 1 aromatic heterocycles. The van der Waals surface area contributed by atoms with Crippen LogP contribution in [0.1, 0.15) is 44.2 Å². The molecule has 2 saturated heterocycles. The van der Waals surface area contributed by atoms with Crippen LogP contribution in [0.3, 0.4) is 0 Å². The number of piperidine rings is 2. The Hall–Kier alpha value is -2.70. The number of hydrogen-bond donors (Lipinski definition) is 1. The molecule has 3 heterocycles. The molecule has 0 radical (unpaired) electrons. The molecule has 0 bridgehead atoms. The van der Waals surface area contributed by atoms with Gasteiger partial charge in [0.1, 0.15) is 0 Å². The summed E-state index contributed by atoms with van der Waals surface area (Å²) in [6, 6.07) is 5.83. The number of rotatable bonds is 2. The van der Waals surface area contributed by atoms with E-state index >= 15 is 0 Å². The summed E-state index contributed by atoms with van der Waals surface area (Å²) in [5, 5.41) is 7.84. The lowest BCUT2D eigenvalue weighted by Crippen LogP contribution is -2.39. The minimum Gasteiger partial charge on any atom is -0.312 e. The Labute approximate surface area is 151 Å². The average Bonchev–Trinajstić information content (AvgIpc) is 2.93. The van der Waals surface area contributed by atoms with Crippen molar-refractivity contribution in [3.8, 4) is 0 Å². The smallest absolute Gasteiger partial charge is 0.235 e. The van der Waals surface area contributed by atoms with Gasteiger partial charge in [-0.05, 0) is 37.0 Å². The van der Waals surface area contributed by atoms with Gasteiger partial charge in [-0.1, -0.05) is 6.92 Å². The van der Waals surface area contributed by atoms with Crippen molar-refractivity contribution in [2.24, 2.45) is 13.0 Å². The molecule has 7 nitrogen and oxygen atoms in total. The standard InChI is InChI=1S/C19H22N4O3/c1-11-3-8-17(25)23(10-11)12-4-5-13-15(9-12)22(2)21-18(13)14-6-7-16(24)20-19(14)26/h4-5,9,11,14H,3,6-8,10H2,1-2H3,(H,20,24,26)/t11-,14?/m0/s1. The minimum atomic E-state index is -0.418. The number of benzene rings is 1. The van der Waals surface area contributed by atoms with Gasteiger partial charge in [0.05, 0.1) is 17.1 Å². The quantitative estimate of drug-likeness (QED) is 0.834. The van der Waals surface area contributed by atoms with Crippen molar-refractivity contribution in [2.75, 3.05) is 11.4 Å². The Morgan fingerprint density at radius 1 is 1.15 bits per heavy atom. The Bertz CT molecular complexity index is 917. The fraction of sp³-hybridized carbons (Fsp3) is 0.474. The number of amides is 3. The van der Waals surface area contributed by atoms with E-state index in [9.17, 15) is 14.4 Å². The predicted molar refractivity (Wildman–Crippen MR) is 96.6 cm³/mol. The van der Waals surface area contributed by atoms with Crippen LogP contribution in [0.25, 0.3) is 10.9 Å². The summed E-state index contributed by atoms with van der Waals surface area (Å²) in [5.41, 5.74) is 2.44. The summed E-state index contributed by atoms with van der Waals surface area (Å²) >= 11 is 0. The van der Waals surface area contributed by atoms with Gasteiger partial charge in [0.15, 0.2) is 0 Å². The molecule has 1 aromatic carbocycles. The molecule has 2 aliphatic heterocycles. The number of anilines is 1. The first kappa shape index (κ1) is 16.8. The predicted octanol–water partition coefficient (Wildman–Crippen LogP) is 1.86. The molecule has 1 N–H and O–H groups in total. The molecule has 2 aromatic rings. The molecule has 136 valence electrons. The van der Waals surface area contributed by atoms with Crippen molar-refractivity contribution < 1.29 is 14.4 Å². The maximum absolute atomic E-state index is 12.3. The Balaban J connectivity index is 1.72. The molecule has 1 unspecified atom stereocenters. The fourth-order valence-electron chi connectivity index (χ4n) is 3.91. The van der Waals surface area contributed by atoms with Crippen LogP contribution in [-0.4, -0.2) is 34.0 Å². The van der Waals surface area contributed by atoms with E-state index in [1.54, 1.807) is 4.68 Å². The third-order valence-corrected chi connectivity index (χ3v) is 5.39. The first-order chi connectivity index (χ1) is 12.4. The van der Waals surface area contributed by atoms with Crippen molar-refractivity contribution in [2.45, 2.75) is 38.5 Å². The van der Waals surface area contributed by atoms with E-state index < -0.39 is 5.92 Å². The number of hydrogen-bond acceptors (Lipinski definition) is 4. The average molecular weight is 354 g/mol. The molecular formula is C19H22N4O3. The largest absolute Gasteiger partial charge is 0.312 e. The zero-order chi connectivity index (χ0) is 18.4. The SMILES string of the molecule is C[C@H]1CCC(=O)N(c2ccc3c(C4CCC(=O)NC4=O)nn(C)c3c2)C1. The normalized spacial score (nSPS) is 24.2. The zero-order valence-corrected chi connectivity index (χ0v) is 15.0. The van der Waals surface area contributed by atoms with Crippen molar-refractivity contribution in [3.05, 3.63) is 23.9 Å². The number of carbonyl (C=O) groups excluding carboxylic acids is 3. The molecular weight excluding hydrogens is 332 g/mol. The molecule has 4 rings (SSSR count). The summed E-state index contributed by atoms with van der Waals surface area (Å²) in [6.45, 7) is 2.88. The number of nitrogens with zero attached hydrogens (tertiary/aromatic N) is 3. The molecule has 0 aliphatic carbocycles. The fourth-order valence-corrected chi connectivity index (χ4v) is 3.91. The van der Waals surface area contributed by atoms with Crippen molar-refractivity contribution in [3.63, 3.8) is 0 Å². The van der Waals surface area contributed by atoms with Crippen LogP contribution in [0.5, 0.6) is 0 Å². The number of carbonyl (C=O) groups is 3. The van der Waals surface area contributed by atoms with Gasteiger partial charge >= 0.3 is 0 Å². The number of aromatic nitrogens is 2. The maximum atomic E-state index is 12.3. The van der Waals surface area contributed by atoms with E-state index in [1.807, 2.05) is 30.1 Å². The molecule has 2 atom stereocenters. The van der Waals surface area contributed by atoms with Crippen LogP contribution >= 0.6 is 0 Å². The molecule has 7 heteroatoms. The van der Waals surface area contributed by atoms with Gasteiger partial charge in [0, 0.05) is 37.5 Å². The Morgan fingerprint density at radius 2 is 1.96 bits per heavy atom.